The third kappa shape index (κ3) is 4.68. The summed E-state index contributed by atoms with van der Waals surface area (Å²) in [5.41, 5.74) is 1.57. The first-order valence-corrected chi connectivity index (χ1v) is 7.95. The van der Waals surface area contributed by atoms with Gasteiger partial charge in [0.2, 0.25) is 5.91 Å². The Balaban J connectivity index is 2.23. The Morgan fingerprint density at radius 3 is 2.42 bits per heavy atom. The number of para-hydroxylation sites is 1. The topological polar surface area (TPSA) is 84.2 Å². The summed E-state index contributed by atoms with van der Waals surface area (Å²) in [7, 11) is 0. The lowest BCUT2D eigenvalue weighted by Crippen LogP contribution is -2.15. The van der Waals surface area contributed by atoms with Crippen molar-refractivity contribution in [3.8, 4) is 5.69 Å². The molecular weight excluding hydrogens is 306 g/mol. The van der Waals surface area contributed by atoms with Gasteiger partial charge in [-0.3, -0.25) is 9.59 Å². The maximum atomic E-state index is 12.1. The molecule has 0 radical (unpaired) electrons. The fourth-order valence-corrected chi connectivity index (χ4v) is 2.21. The molecule has 1 amide bonds. The van der Waals surface area contributed by atoms with Crippen LogP contribution in [0.1, 0.15) is 45.7 Å². The van der Waals surface area contributed by atoms with Crippen LogP contribution in [0.5, 0.6) is 0 Å². The van der Waals surface area contributed by atoms with Gasteiger partial charge in [0.15, 0.2) is 0 Å². The zero-order valence-electron chi connectivity index (χ0n) is 14.2. The lowest BCUT2D eigenvalue weighted by Gasteiger charge is -2.14. The summed E-state index contributed by atoms with van der Waals surface area (Å²) < 4.78 is 1.70. The van der Waals surface area contributed by atoms with Gasteiger partial charge in [-0.15, -0.1) is 0 Å². The van der Waals surface area contributed by atoms with Gasteiger partial charge in [-0.2, -0.15) is 5.10 Å². The molecule has 1 aromatic carbocycles. The summed E-state index contributed by atoms with van der Waals surface area (Å²) in [5.74, 6) is -0.521. The van der Waals surface area contributed by atoms with Gasteiger partial charge in [-0.1, -0.05) is 39.0 Å². The quantitative estimate of drug-likeness (QED) is 0.851. The first-order valence-electron chi connectivity index (χ1n) is 7.95. The third-order valence-electron chi connectivity index (χ3n) is 3.54. The van der Waals surface area contributed by atoms with Gasteiger partial charge >= 0.3 is 5.97 Å². The number of anilines is 1. The molecular formula is C18H23N3O3. The van der Waals surface area contributed by atoms with Gasteiger partial charge in [0.25, 0.3) is 0 Å². The number of carbonyl (C=O) groups excluding carboxylic acids is 1. The molecule has 0 unspecified atom stereocenters. The number of carboxylic acid groups (broad SMARTS) is 1. The minimum Gasteiger partial charge on any atom is -0.481 e. The predicted octanol–water partition coefficient (Wildman–Crippen LogP) is 3.36. The molecule has 24 heavy (non-hydrogen) atoms. The molecule has 128 valence electrons. The Morgan fingerprint density at radius 1 is 1.17 bits per heavy atom. The molecule has 6 heteroatoms. The number of aromatic nitrogens is 2. The highest BCUT2D eigenvalue weighted by Crippen LogP contribution is 2.26. The summed E-state index contributed by atoms with van der Waals surface area (Å²) >= 11 is 0. The number of carbonyl (C=O) groups is 2. The van der Waals surface area contributed by atoms with E-state index in [9.17, 15) is 9.59 Å². The van der Waals surface area contributed by atoms with Crippen molar-refractivity contribution in [2.24, 2.45) is 0 Å². The van der Waals surface area contributed by atoms with Gasteiger partial charge in [0.1, 0.15) is 5.82 Å². The van der Waals surface area contributed by atoms with Crippen molar-refractivity contribution in [1.82, 2.24) is 9.78 Å². The summed E-state index contributed by atoms with van der Waals surface area (Å²) in [5, 5.41) is 16.1. The molecule has 6 nitrogen and oxygen atoms in total. The molecule has 0 aliphatic rings. The molecule has 0 saturated heterocycles. The second-order valence-corrected chi connectivity index (χ2v) is 6.71. The maximum absolute atomic E-state index is 12.1. The van der Waals surface area contributed by atoms with E-state index in [4.69, 9.17) is 5.11 Å². The van der Waals surface area contributed by atoms with Crippen molar-refractivity contribution in [2.75, 3.05) is 5.32 Å². The van der Waals surface area contributed by atoms with Crippen LogP contribution in [0.25, 0.3) is 5.69 Å². The van der Waals surface area contributed by atoms with Crippen LogP contribution < -0.4 is 5.32 Å². The number of benzene rings is 1. The number of carboxylic acids is 1. The van der Waals surface area contributed by atoms with E-state index >= 15 is 0 Å². The normalized spacial score (nSPS) is 11.3. The second-order valence-electron chi connectivity index (χ2n) is 6.71. The smallest absolute Gasteiger partial charge is 0.303 e. The minimum absolute atomic E-state index is 0.0153. The van der Waals surface area contributed by atoms with Crippen molar-refractivity contribution in [1.29, 1.82) is 0 Å². The molecule has 0 saturated carbocycles. The van der Waals surface area contributed by atoms with Crippen LogP contribution in [0.4, 0.5) is 5.82 Å². The van der Waals surface area contributed by atoms with Crippen molar-refractivity contribution in [3.05, 3.63) is 42.1 Å². The lowest BCUT2D eigenvalue weighted by molar-refractivity contribution is -0.137. The second kappa shape index (κ2) is 7.29. The fraction of sp³-hybridized carbons (Fsp3) is 0.389. The summed E-state index contributed by atoms with van der Waals surface area (Å²) in [4.78, 5) is 22.6. The SMILES string of the molecule is CC(C)(C)c1cc(NC(=O)CCCC(=O)O)n(-c2ccccc2)n1. The van der Waals surface area contributed by atoms with Gasteiger partial charge in [-0.25, -0.2) is 4.68 Å². The van der Waals surface area contributed by atoms with E-state index < -0.39 is 5.97 Å². The number of aliphatic carboxylic acids is 1. The first-order chi connectivity index (χ1) is 11.3. The van der Waals surface area contributed by atoms with E-state index in [0.717, 1.165) is 11.4 Å². The molecule has 0 spiro atoms. The van der Waals surface area contributed by atoms with Crippen LogP contribution in [-0.2, 0) is 15.0 Å². The molecule has 0 bridgehead atoms. The third-order valence-corrected chi connectivity index (χ3v) is 3.54. The first kappa shape index (κ1) is 17.7. The Kier molecular flexibility index (Phi) is 5.39. The van der Waals surface area contributed by atoms with E-state index in [2.05, 4.69) is 31.2 Å². The van der Waals surface area contributed by atoms with Crippen molar-refractivity contribution >= 4 is 17.7 Å². The average molecular weight is 329 g/mol. The molecule has 0 fully saturated rings. The molecule has 1 heterocycles. The number of nitrogens with zero attached hydrogens (tertiary/aromatic N) is 2. The zero-order valence-corrected chi connectivity index (χ0v) is 14.2. The van der Waals surface area contributed by atoms with Gasteiger partial charge in [0, 0.05) is 24.3 Å². The summed E-state index contributed by atoms with van der Waals surface area (Å²) in [6.45, 7) is 6.18. The molecule has 0 aliphatic carbocycles. The Morgan fingerprint density at radius 2 is 1.83 bits per heavy atom. The number of nitrogens with one attached hydrogen (secondary N) is 1. The van der Waals surface area contributed by atoms with E-state index in [0.29, 0.717) is 12.2 Å². The number of hydrogen-bond donors (Lipinski definition) is 2. The number of amides is 1. The van der Waals surface area contributed by atoms with Crippen LogP contribution in [-0.4, -0.2) is 26.8 Å². The van der Waals surface area contributed by atoms with Crippen molar-refractivity contribution in [3.63, 3.8) is 0 Å². The monoisotopic (exact) mass is 329 g/mol. The maximum Gasteiger partial charge on any atom is 0.303 e. The van der Waals surface area contributed by atoms with Crippen LogP contribution in [0, 0.1) is 0 Å². The highest BCUT2D eigenvalue weighted by Gasteiger charge is 2.21. The Bertz CT molecular complexity index is 715. The summed E-state index contributed by atoms with van der Waals surface area (Å²) in [6, 6.07) is 11.4. The summed E-state index contributed by atoms with van der Waals surface area (Å²) in [6.07, 6.45) is 0.461. The molecule has 0 atom stereocenters. The van der Waals surface area contributed by atoms with Crippen LogP contribution >= 0.6 is 0 Å². The molecule has 2 aromatic rings. The zero-order chi connectivity index (χ0) is 17.7. The highest BCUT2D eigenvalue weighted by atomic mass is 16.4. The number of rotatable bonds is 6. The van der Waals surface area contributed by atoms with Crippen LogP contribution in [0.15, 0.2) is 36.4 Å². The van der Waals surface area contributed by atoms with Gasteiger partial charge in [0.05, 0.1) is 11.4 Å². The Hall–Kier alpha value is -2.63. The Labute approximate surface area is 141 Å². The van der Waals surface area contributed by atoms with E-state index in [1.807, 2.05) is 36.4 Å². The lowest BCUT2D eigenvalue weighted by atomic mass is 9.92. The van der Waals surface area contributed by atoms with Crippen molar-refractivity contribution in [2.45, 2.75) is 45.4 Å². The standard InChI is InChI=1S/C18H23N3O3/c1-18(2,3)14-12-15(19-16(22)10-7-11-17(23)24)21(20-14)13-8-5-4-6-9-13/h4-6,8-9,12H,7,10-11H2,1-3H3,(H,19,22)(H,23,24). The molecule has 1 aromatic heterocycles. The minimum atomic E-state index is -0.896. The van der Waals surface area contributed by atoms with E-state index in [1.165, 1.54) is 0 Å². The molecule has 2 rings (SSSR count). The van der Waals surface area contributed by atoms with Crippen molar-refractivity contribution < 1.29 is 14.7 Å². The largest absolute Gasteiger partial charge is 0.481 e. The molecule has 2 N–H and O–H groups in total. The van der Waals surface area contributed by atoms with Crippen LogP contribution in [0.2, 0.25) is 0 Å². The fourth-order valence-electron chi connectivity index (χ4n) is 2.21. The number of hydrogen-bond acceptors (Lipinski definition) is 3. The van der Waals surface area contributed by atoms with E-state index in [1.54, 1.807) is 4.68 Å². The predicted molar refractivity (Wildman–Crippen MR) is 92.4 cm³/mol. The average Bonchev–Trinajstić information content (AvgIpc) is 2.91. The van der Waals surface area contributed by atoms with Gasteiger partial charge in [-0.05, 0) is 18.6 Å². The highest BCUT2D eigenvalue weighted by molar-refractivity contribution is 5.90. The van der Waals surface area contributed by atoms with Crippen LogP contribution in [0.3, 0.4) is 0 Å². The molecule has 0 aliphatic heterocycles. The van der Waals surface area contributed by atoms with Gasteiger partial charge < -0.3 is 10.4 Å². The van der Waals surface area contributed by atoms with E-state index in [-0.39, 0.29) is 24.2 Å².